The van der Waals surface area contributed by atoms with Crippen LogP contribution >= 0.6 is 0 Å². The zero-order chi connectivity index (χ0) is 21.8. The van der Waals surface area contributed by atoms with E-state index in [1.807, 2.05) is 32.0 Å². The predicted octanol–water partition coefficient (Wildman–Crippen LogP) is 2.68. The second kappa shape index (κ2) is 12.6. The monoisotopic (exact) mass is 415 g/mol. The van der Waals surface area contributed by atoms with Crippen molar-refractivity contribution in [1.29, 1.82) is 0 Å². The van der Waals surface area contributed by atoms with Gasteiger partial charge in [-0.3, -0.25) is 0 Å². The Bertz CT molecular complexity index is 824. The average Bonchev–Trinajstić information content (AvgIpc) is 2.77. The van der Waals surface area contributed by atoms with E-state index >= 15 is 0 Å². The summed E-state index contributed by atoms with van der Waals surface area (Å²) in [4.78, 5) is 4.66. The summed E-state index contributed by atoms with van der Waals surface area (Å²) in [6.45, 7) is 6.31. The Kier molecular flexibility index (Phi) is 9.80. The Morgan fingerprint density at radius 2 is 1.70 bits per heavy atom. The number of nitrogens with zero attached hydrogens (tertiary/aromatic N) is 1. The van der Waals surface area contributed by atoms with Crippen molar-refractivity contribution in [3.63, 3.8) is 0 Å². The van der Waals surface area contributed by atoms with Gasteiger partial charge in [-0.25, -0.2) is 4.99 Å². The van der Waals surface area contributed by atoms with Gasteiger partial charge in [0.1, 0.15) is 12.4 Å². The Labute approximate surface area is 179 Å². The van der Waals surface area contributed by atoms with Gasteiger partial charge < -0.3 is 30.0 Å². The summed E-state index contributed by atoms with van der Waals surface area (Å²) >= 11 is 0. The molecule has 2 aromatic carbocycles. The standard InChI is InChI=1S/C23H33N3O4/c1-5-24-23(25-11-10-18-7-6-17(2)21(14-18)28-3)26-16-19-8-9-20(30-13-12-27)22(15-19)29-4/h6-9,14-15,27H,5,10-13,16H2,1-4H3,(H2,24,25,26). The Morgan fingerprint density at radius 3 is 2.40 bits per heavy atom. The number of methoxy groups -OCH3 is 2. The van der Waals surface area contributed by atoms with Crippen LogP contribution in [0.25, 0.3) is 0 Å². The Balaban J connectivity index is 1.97. The summed E-state index contributed by atoms with van der Waals surface area (Å²) < 4.78 is 16.3. The fourth-order valence-electron chi connectivity index (χ4n) is 2.94. The van der Waals surface area contributed by atoms with Crippen LogP contribution in [0, 0.1) is 6.92 Å². The van der Waals surface area contributed by atoms with Gasteiger partial charge in [0.25, 0.3) is 0 Å². The molecule has 7 heteroatoms. The highest BCUT2D eigenvalue weighted by atomic mass is 16.5. The third kappa shape index (κ3) is 7.15. The SMILES string of the molecule is CCNC(=NCc1ccc(OCCO)c(OC)c1)NCCc1ccc(C)c(OC)c1. The van der Waals surface area contributed by atoms with Crippen molar-refractivity contribution in [2.45, 2.75) is 26.8 Å². The average molecular weight is 416 g/mol. The lowest BCUT2D eigenvalue weighted by molar-refractivity contribution is 0.196. The quantitative estimate of drug-likeness (QED) is 0.387. The molecule has 2 rings (SSSR count). The molecule has 0 radical (unpaired) electrons. The minimum absolute atomic E-state index is 0.0394. The number of guanidine groups is 1. The number of hydrogen-bond donors (Lipinski definition) is 3. The van der Waals surface area contributed by atoms with E-state index in [1.165, 1.54) is 5.56 Å². The number of nitrogens with one attached hydrogen (secondary N) is 2. The van der Waals surface area contributed by atoms with Gasteiger partial charge in [-0.1, -0.05) is 18.2 Å². The first-order valence-electron chi connectivity index (χ1n) is 10.2. The molecule has 0 spiro atoms. The summed E-state index contributed by atoms with van der Waals surface area (Å²) in [5, 5.41) is 15.6. The van der Waals surface area contributed by atoms with Crippen LogP contribution in [0.1, 0.15) is 23.6 Å². The minimum atomic E-state index is -0.0394. The largest absolute Gasteiger partial charge is 0.496 e. The van der Waals surface area contributed by atoms with Crippen LogP contribution in [-0.4, -0.2) is 51.6 Å². The highest BCUT2D eigenvalue weighted by molar-refractivity contribution is 5.79. The number of benzene rings is 2. The molecule has 0 aliphatic rings. The molecule has 164 valence electrons. The van der Waals surface area contributed by atoms with Gasteiger partial charge in [-0.15, -0.1) is 0 Å². The van der Waals surface area contributed by atoms with Gasteiger partial charge in [0.15, 0.2) is 17.5 Å². The molecule has 30 heavy (non-hydrogen) atoms. The first-order valence-corrected chi connectivity index (χ1v) is 10.2. The van der Waals surface area contributed by atoms with Crippen LogP contribution in [0.15, 0.2) is 41.4 Å². The molecule has 2 aromatic rings. The molecule has 0 aromatic heterocycles. The lowest BCUT2D eigenvalue weighted by atomic mass is 10.1. The van der Waals surface area contributed by atoms with Crippen LogP contribution in [0.4, 0.5) is 0 Å². The highest BCUT2D eigenvalue weighted by Gasteiger charge is 2.06. The third-order valence-corrected chi connectivity index (χ3v) is 4.52. The maximum atomic E-state index is 8.92. The van der Waals surface area contributed by atoms with Crippen LogP contribution in [0.2, 0.25) is 0 Å². The summed E-state index contributed by atoms with van der Waals surface area (Å²) in [6, 6.07) is 12.0. The van der Waals surface area contributed by atoms with Crippen molar-refractivity contribution in [1.82, 2.24) is 10.6 Å². The van der Waals surface area contributed by atoms with E-state index < -0.39 is 0 Å². The molecule has 0 saturated carbocycles. The van der Waals surface area contributed by atoms with Gasteiger partial charge >= 0.3 is 0 Å². The van der Waals surface area contributed by atoms with E-state index in [2.05, 4.69) is 33.8 Å². The van der Waals surface area contributed by atoms with Crippen molar-refractivity contribution in [3.8, 4) is 17.2 Å². The molecular formula is C23H33N3O4. The van der Waals surface area contributed by atoms with Gasteiger partial charge in [0.2, 0.25) is 0 Å². The number of hydrogen-bond acceptors (Lipinski definition) is 5. The van der Waals surface area contributed by atoms with Gasteiger partial charge in [-0.05, 0) is 55.2 Å². The van der Waals surface area contributed by atoms with E-state index in [9.17, 15) is 0 Å². The lowest BCUT2D eigenvalue weighted by Crippen LogP contribution is -2.38. The van der Waals surface area contributed by atoms with Crippen molar-refractivity contribution in [2.24, 2.45) is 4.99 Å². The summed E-state index contributed by atoms with van der Waals surface area (Å²) in [6.07, 6.45) is 0.867. The first-order chi connectivity index (χ1) is 14.6. The van der Waals surface area contributed by atoms with E-state index in [-0.39, 0.29) is 13.2 Å². The minimum Gasteiger partial charge on any atom is -0.496 e. The number of aliphatic imine (C=N–C) groups is 1. The molecule has 0 atom stereocenters. The van der Waals surface area contributed by atoms with E-state index in [4.69, 9.17) is 19.3 Å². The Hall–Kier alpha value is -2.93. The molecule has 0 saturated heterocycles. The van der Waals surface area contributed by atoms with Gasteiger partial charge in [0.05, 0.1) is 27.4 Å². The van der Waals surface area contributed by atoms with Crippen LogP contribution in [0.5, 0.6) is 17.2 Å². The smallest absolute Gasteiger partial charge is 0.191 e. The topological polar surface area (TPSA) is 84.3 Å². The van der Waals surface area contributed by atoms with Crippen molar-refractivity contribution < 1.29 is 19.3 Å². The number of aliphatic hydroxyl groups is 1. The van der Waals surface area contributed by atoms with Crippen LogP contribution in [0.3, 0.4) is 0 Å². The predicted molar refractivity (Wildman–Crippen MR) is 120 cm³/mol. The maximum absolute atomic E-state index is 8.92. The van der Waals surface area contributed by atoms with E-state index in [0.29, 0.717) is 18.0 Å². The molecule has 0 amide bonds. The lowest BCUT2D eigenvalue weighted by Gasteiger charge is -2.13. The first kappa shape index (κ1) is 23.3. The number of rotatable bonds is 11. The maximum Gasteiger partial charge on any atom is 0.191 e. The second-order valence-corrected chi connectivity index (χ2v) is 6.73. The van der Waals surface area contributed by atoms with Crippen LogP contribution < -0.4 is 24.8 Å². The molecule has 0 aliphatic carbocycles. The van der Waals surface area contributed by atoms with Crippen molar-refractivity contribution in [2.75, 3.05) is 40.5 Å². The summed E-state index contributed by atoms with van der Waals surface area (Å²) in [5.74, 6) is 2.91. The van der Waals surface area contributed by atoms with E-state index in [1.54, 1.807) is 14.2 Å². The normalized spacial score (nSPS) is 11.2. The van der Waals surface area contributed by atoms with Gasteiger partial charge in [-0.2, -0.15) is 0 Å². The fraction of sp³-hybridized carbons (Fsp3) is 0.435. The Morgan fingerprint density at radius 1 is 0.967 bits per heavy atom. The number of ether oxygens (including phenoxy) is 3. The van der Waals surface area contributed by atoms with Crippen molar-refractivity contribution >= 4 is 5.96 Å². The fourth-order valence-corrected chi connectivity index (χ4v) is 2.94. The summed E-state index contributed by atoms with van der Waals surface area (Å²) in [5.41, 5.74) is 3.35. The molecule has 0 fully saturated rings. The summed E-state index contributed by atoms with van der Waals surface area (Å²) in [7, 11) is 3.29. The van der Waals surface area contributed by atoms with Crippen LogP contribution in [-0.2, 0) is 13.0 Å². The molecule has 0 bridgehead atoms. The highest BCUT2D eigenvalue weighted by Crippen LogP contribution is 2.28. The molecule has 3 N–H and O–H groups in total. The van der Waals surface area contributed by atoms with E-state index in [0.717, 1.165) is 42.3 Å². The molecule has 0 heterocycles. The number of aliphatic hydroxyl groups excluding tert-OH is 1. The second-order valence-electron chi connectivity index (χ2n) is 6.73. The zero-order valence-electron chi connectivity index (χ0n) is 18.3. The zero-order valence-corrected chi connectivity index (χ0v) is 18.3. The molecule has 7 nitrogen and oxygen atoms in total. The molecule has 0 aliphatic heterocycles. The molecular weight excluding hydrogens is 382 g/mol. The third-order valence-electron chi connectivity index (χ3n) is 4.52. The van der Waals surface area contributed by atoms with Gasteiger partial charge in [0, 0.05) is 13.1 Å². The molecule has 0 unspecified atom stereocenters. The van der Waals surface area contributed by atoms with Crippen molar-refractivity contribution in [3.05, 3.63) is 53.1 Å². The number of aryl methyl sites for hydroxylation is 1.